The third-order valence-corrected chi connectivity index (χ3v) is 2.90. The minimum atomic E-state index is -0.476. The number of rotatable bonds is 3. The molecule has 0 N–H and O–H groups in total. The average molecular weight is 284 g/mol. The molecule has 8 nitrogen and oxygen atoms in total. The normalized spacial score (nSPS) is 10.6. The van der Waals surface area contributed by atoms with Gasteiger partial charge in [-0.25, -0.2) is 14.5 Å². The van der Waals surface area contributed by atoms with E-state index < -0.39 is 5.97 Å². The molecule has 0 atom stereocenters. The number of hydrogen-bond acceptors (Lipinski definition) is 6. The molecule has 3 heterocycles. The van der Waals surface area contributed by atoms with Gasteiger partial charge in [-0.1, -0.05) is 5.21 Å². The number of methoxy groups -OCH3 is 1. The quantitative estimate of drug-likeness (QED) is 0.662. The van der Waals surface area contributed by atoms with Crippen molar-refractivity contribution < 1.29 is 9.53 Å². The zero-order valence-electron chi connectivity index (χ0n) is 11.5. The van der Waals surface area contributed by atoms with Crippen LogP contribution in [0, 0.1) is 0 Å². The number of carbonyl (C=O) groups is 1. The van der Waals surface area contributed by atoms with Crippen molar-refractivity contribution in [3.05, 3.63) is 42.6 Å². The van der Waals surface area contributed by atoms with Gasteiger partial charge in [-0.3, -0.25) is 4.68 Å². The van der Waals surface area contributed by atoms with Crippen LogP contribution >= 0.6 is 0 Å². The van der Waals surface area contributed by atoms with E-state index in [-0.39, 0.29) is 5.69 Å². The Kier molecular flexibility index (Phi) is 3.19. The Hall–Kier alpha value is -3.03. The van der Waals surface area contributed by atoms with E-state index in [0.717, 1.165) is 5.56 Å². The van der Waals surface area contributed by atoms with Crippen molar-refractivity contribution in [2.75, 3.05) is 7.11 Å². The van der Waals surface area contributed by atoms with Gasteiger partial charge in [-0.15, -0.1) is 5.10 Å². The number of pyridine rings is 1. The van der Waals surface area contributed by atoms with Crippen LogP contribution in [0.1, 0.15) is 10.5 Å². The molecule has 0 spiro atoms. The van der Waals surface area contributed by atoms with Crippen molar-refractivity contribution in [3.63, 3.8) is 0 Å². The van der Waals surface area contributed by atoms with E-state index in [1.165, 1.54) is 13.3 Å². The molecule has 0 fully saturated rings. The monoisotopic (exact) mass is 284 g/mol. The number of carbonyl (C=O) groups excluding carboxylic acids is 1. The van der Waals surface area contributed by atoms with E-state index in [1.54, 1.807) is 33.9 Å². The summed E-state index contributed by atoms with van der Waals surface area (Å²) in [6.07, 6.45) is 6.87. The van der Waals surface area contributed by atoms with Crippen LogP contribution in [-0.2, 0) is 11.8 Å². The van der Waals surface area contributed by atoms with E-state index in [0.29, 0.717) is 11.4 Å². The summed E-state index contributed by atoms with van der Waals surface area (Å²) in [5.41, 5.74) is 2.53. The molecule has 0 radical (unpaired) electrons. The number of aryl methyl sites for hydroxylation is 1. The molecule has 3 rings (SSSR count). The number of esters is 1. The molecule has 0 aliphatic heterocycles. The second kappa shape index (κ2) is 5.16. The van der Waals surface area contributed by atoms with Crippen molar-refractivity contribution in [2.24, 2.45) is 7.05 Å². The summed E-state index contributed by atoms with van der Waals surface area (Å²) >= 11 is 0. The Morgan fingerprint density at radius 1 is 1.24 bits per heavy atom. The predicted molar refractivity (Wildman–Crippen MR) is 72.7 cm³/mol. The smallest absolute Gasteiger partial charge is 0.356 e. The lowest BCUT2D eigenvalue weighted by Gasteiger charge is -2.01. The highest BCUT2D eigenvalue weighted by Crippen LogP contribution is 2.16. The highest BCUT2D eigenvalue weighted by Gasteiger charge is 2.09. The Bertz CT molecular complexity index is 774. The zero-order chi connectivity index (χ0) is 14.8. The molecule has 0 aliphatic rings. The molecule has 21 heavy (non-hydrogen) atoms. The number of aromatic nitrogens is 6. The predicted octanol–water partition coefficient (Wildman–Crippen LogP) is 0.849. The van der Waals surface area contributed by atoms with E-state index in [2.05, 4.69) is 25.1 Å². The van der Waals surface area contributed by atoms with Gasteiger partial charge in [0, 0.05) is 18.8 Å². The molecule has 0 amide bonds. The van der Waals surface area contributed by atoms with E-state index in [4.69, 9.17) is 0 Å². The SMILES string of the molecule is COC(=O)c1ccc(-n2cc(-c3cnn(C)c3)nn2)cn1. The topological polar surface area (TPSA) is 87.7 Å². The Balaban J connectivity index is 1.88. The van der Waals surface area contributed by atoms with Crippen LogP contribution in [0.4, 0.5) is 0 Å². The summed E-state index contributed by atoms with van der Waals surface area (Å²) < 4.78 is 7.88. The minimum absolute atomic E-state index is 0.244. The summed E-state index contributed by atoms with van der Waals surface area (Å²) in [5.74, 6) is -0.476. The van der Waals surface area contributed by atoms with Crippen LogP contribution in [0.2, 0.25) is 0 Å². The molecular formula is C13H12N6O2. The second-order valence-corrected chi connectivity index (χ2v) is 4.34. The molecule has 8 heteroatoms. The average Bonchev–Trinajstić information content (AvgIpc) is 3.15. The lowest BCUT2D eigenvalue weighted by Crippen LogP contribution is -2.05. The molecule has 0 bridgehead atoms. The highest BCUT2D eigenvalue weighted by molar-refractivity contribution is 5.87. The highest BCUT2D eigenvalue weighted by atomic mass is 16.5. The van der Waals surface area contributed by atoms with Crippen molar-refractivity contribution in [1.82, 2.24) is 29.8 Å². The minimum Gasteiger partial charge on any atom is -0.464 e. The molecule has 3 aromatic rings. The van der Waals surface area contributed by atoms with Gasteiger partial charge < -0.3 is 4.74 Å². The molecule has 0 saturated heterocycles. The first kappa shape index (κ1) is 13.0. The number of ether oxygens (including phenoxy) is 1. The van der Waals surface area contributed by atoms with Crippen LogP contribution in [-0.4, -0.2) is 42.8 Å². The van der Waals surface area contributed by atoms with Crippen molar-refractivity contribution >= 4 is 5.97 Å². The number of hydrogen-bond donors (Lipinski definition) is 0. The largest absolute Gasteiger partial charge is 0.464 e. The molecule has 0 saturated carbocycles. The van der Waals surface area contributed by atoms with Gasteiger partial charge >= 0.3 is 5.97 Å². The van der Waals surface area contributed by atoms with Crippen LogP contribution in [0.15, 0.2) is 36.9 Å². The van der Waals surface area contributed by atoms with Crippen LogP contribution < -0.4 is 0 Å². The first-order chi connectivity index (χ1) is 10.2. The first-order valence-electron chi connectivity index (χ1n) is 6.13. The zero-order valence-corrected chi connectivity index (χ0v) is 11.5. The molecule has 0 aromatic carbocycles. The van der Waals surface area contributed by atoms with Crippen molar-refractivity contribution in [2.45, 2.75) is 0 Å². The van der Waals surface area contributed by atoms with Gasteiger partial charge in [0.1, 0.15) is 11.4 Å². The van der Waals surface area contributed by atoms with Gasteiger partial charge in [-0.2, -0.15) is 5.10 Å². The molecular weight excluding hydrogens is 272 g/mol. The standard InChI is InChI=1S/C13H12N6O2/c1-18-7-9(5-15-18)12-8-19(17-16-12)10-3-4-11(14-6-10)13(20)21-2/h3-8H,1-2H3. The summed E-state index contributed by atoms with van der Waals surface area (Å²) in [6.45, 7) is 0. The number of nitrogens with zero attached hydrogens (tertiary/aromatic N) is 6. The molecule has 0 aliphatic carbocycles. The summed E-state index contributed by atoms with van der Waals surface area (Å²) in [6, 6.07) is 3.30. The van der Waals surface area contributed by atoms with E-state index >= 15 is 0 Å². The lowest BCUT2D eigenvalue weighted by atomic mass is 10.3. The maximum atomic E-state index is 11.3. The van der Waals surface area contributed by atoms with Gasteiger partial charge in [0.2, 0.25) is 0 Å². The van der Waals surface area contributed by atoms with E-state index in [9.17, 15) is 4.79 Å². The van der Waals surface area contributed by atoms with Crippen molar-refractivity contribution in [1.29, 1.82) is 0 Å². The van der Waals surface area contributed by atoms with Crippen LogP contribution in [0.5, 0.6) is 0 Å². The van der Waals surface area contributed by atoms with Gasteiger partial charge in [0.05, 0.1) is 31.4 Å². The summed E-state index contributed by atoms with van der Waals surface area (Å²) in [4.78, 5) is 15.4. The Labute approximate surface area is 120 Å². The lowest BCUT2D eigenvalue weighted by molar-refractivity contribution is 0.0594. The Morgan fingerprint density at radius 2 is 2.10 bits per heavy atom. The second-order valence-electron chi connectivity index (χ2n) is 4.34. The maximum absolute atomic E-state index is 11.3. The van der Waals surface area contributed by atoms with Crippen LogP contribution in [0.3, 0.4) is 0 Å². The molecule has 106 valence electrons. The van der Waals surface area contributed by atoms with Gasteiger partial charge in [-0.05, 0) is 12.1 Å². The van der Waals surface area contributed by atoms with Gasteiger partial charge in [0.15, 0.2) is 0 Å². The third kappa shape index (κ3) is 2.50. The summed E-state index contributed by atoms with van der Waals surface area (Å²) in [5, 5.41) is 12.2. The first-order valence-corrected chi connectivity index (χ1v) is 6.13. The van der Waals surface area contributed by atoms with Crippen molar-refractivity contribution in [3.8, 4) is 16.9 Å². The van der Waals surface area contributed by atoms with E-state index in [1.807, 2.05) is 13.2 Å². The molecule has 3 aromatic heterocycles. The fourth-order valence-electron chi connectivity index (χ4n) is 1.82. The summed E-state index contributed by atoms with van der Waals surface area (Å²) in [7, 11) is 3.15. The van der Waals surface area contributed by atoms with Crippen LogP contribution in [0.25, 0.3) is 16.9 Å². The van der Waals surface area contributed by atoms with Gasteiger partial charge in [0.25, 0.3) is 0 Å². The molecule has 0 unspecified atom stereocenters. The Morgan fingerprint density at radius 3 is 2.71 bits per heavy atom. The fraction of sp³-hybridized carbons (Fsp3) is 0.154. The third-order valence-electron chi connectivity index (χ3n) is 2.90. The maximum Gasteiger partial charge on any atom is 0.356 e. The fourth-order valence-corrected chi connectivity index (χ4v) is 1.82.